The highest BCUT2D eigenvalue weighted by Gasteiger charge is 2.23. The van der Waals surface area contributed by atoms with Crippen LogP contribution < -0.4 is 4.74 Å². The van der Waals surface area contributed by atoms with E-state index >= 15 is 0 Å². The van der Waals surface area contributed by atoms with E-state index in [1.54, 1.807) is 0 Å². The van der Waals surface area contributed by atoms with Crippen molar-refractivity contribution in [3.05, 3.63) is 89.0 Å². The molecule has 0 bridgehead atoms. The molecule has 0 radical (unpaired) electrons. The van der Waals surface area contributed by atoms with Crippen molar-refractivity contribution in [2.45, 2.75) is 26.7 Å². The number of halogens is 1. The molecule has 0 fully saturated rings. The van der Waals surface area contributed by atoms with E-state index in [1.807, 2.05) is 60.7 Å². The molecule has 0 aliphatic heterocycles. The zero-order valence-electron chi connectivity index (χ0n) is 17.8. The number of carbonyl (C=O) groups excluding carboxylic acids is 1. The molecule has 0 N–H and O–H groups in total. The maximum Gasteiger partial charge on any atom is 0.197 e. The van der Waals surface area contributed by atoms with Crippen LogP contribution in [0.5, 0.6) is 5.75 Å². The van der Waals surface area contributed by atoms with Gasteiger partial charge in [0.25, 0.3) is 0 Å². The number of benzene rings is 3. The number of carbonyl (C=O) groups is 1. The van der Waals surface area contributed by atoms with Crippen molar-refractivity contribution in [3.63, 3.8) is 0 Å². The van der Waals surface area contributed by atoms with Gasteiger partial charge in [0, 0.05) is 21.8 Å². The van der Waals surface area contributed by atoms with Crippen LogP contribution >= 0.6 is 15.9 Å². The summed E-state index contributed by atoms with van der Waals surface area (Å²) in [6.45, 7) is 4.82. The standard InChI is InChI=1S/C27H25BrO3/c1-3-18-15-19(4-2)17-21(16-18)26(29)25-23-7-5-6-8-24(23)31-27(25)20-9-11-22(12-10-20)30-14-13-28/h5-12,15-17H,3-4,13-14H2,1-2H3. The van der Waals surface area contributed by atoms with Gasteiger partial charge in [-0.2, -0.15) is 0 Å². The lowest BCUT2D eigenvalue weighted by Gasteiger charge is -2.09. The number of ketones is 1. The average Bonchev–Trinajstić information content (AvgIpc) is 3.21. The Balaban J connectivity index is 1.83. The molecule has 0 aliphatic rings. The lowest BCUT2D eigenvalue weighted by Crippen LogP contribution is -2.04. The second kappa shape index (κ2) is 9.52. The Morgan fingerprint density at radius 2 is 1.61 bits per heavy atom. The van der Waals surface area contributed by atoms with Crippen molar-refractivity contribution in [1.82, 2.24) is 0 Å². The van der Waals surface area contributed by atoms with Crippen LogP contribution in [0.25, 0.3) is 22.3 Å². The summed E-state index contributed by atoms with van der Waals surface area (Å²) in [7, 11) is 0. The summed E-state index contributed by atoms with van der Waals surface area (Å²) in [5, 5.41) is 1.61. The number of alkyl halides is 1. The summed E-state index contributed by atoms with van der Waals surface area (Å²) in [6.07, 6.45) is 1.78. The first-order valence-corrected chi connectivity index (χ1v) is 11.7. The number of furan rings is 1. The molecule has 4 aromatic rings. The van der Waals surface area contributed by atoms with Gasteiger partial charge in [-0.15, -0.1) is 0 Å². The molecule has 0 saturated heterocycles. The van der Waals surface area contributed by atoms with Crippen LogP contribution in [0.4, 0.5) is 0 Å². The number of hydrogen-bond acceptors (Lipinski definition) is 3. The highest BCUT2D eigenvalue weighted by Crippen LogP contribution is 2.36. The van der Waals surface area contributed by atoms with Gasteiger partial charge in [-0.25, -0.2) is 0 Å². The third kappa shape index (κ3) is 4.45. The van der Waals surface area contributed by atoms with Gasteiger partial charge < -0.3 is 9.15 Å². The molecular weight excluding hydrogens is 452 g/mol. The zero-order chi connectivity index (χ0) is 21.8. The van der Waals surface area contributed by atoms with Crippen molar-refractivity contribution >= 4 is 32.7 Å². The monoisotopic (exact) mass is 476 g/mol. The molecule has 0 unspecified atom stereocenters. The van der Waals surface area contributed by atoms with Crippen LogP contribution in [0.2, 0.25) is 0 Å². The van der Waals surface area contributed by atoms with E-state index in [1.165, 1.54) is 11.1 Å². The minimum Gasteiger partial charge on any atom is -0.493 e. The van der Waals surface area contributed by atoms with Gasteiger partial charge >= 0.3 is 0 Å². The Morgan fingerprint density at radius 3 is 2.26 bits per heavy atom. The first kappa shape index (κ1) is 21.4. The van der Waals surface area contributed by atoms with Crippen molar-refractivity contribution in [2.75, 3.05) is 11.9 Å². The quantitative estimate of drug-likeness (QED) is 0.199. The fourth-order valence-electron chi connectivity index (χ4n) is 3.78. The molecule has 158 valence electrons. The molecule has 0 spiro atoms. The fraction of sp³-hybridized carbons (Fsp3) is 0.222. The predicted octanol–water partition coefficient (Wildman–Crippen LogP) is 7.23. The van der Waals surface area contributed by atoms with Crippen LogP contribution in [-0.2, 0) is 12.8 Å². The molecule has 1 aromatic heterocycles. The minimum absolute atomic E-state index is 0.00966. The lowest BCUT2D eigenvalue weighted by atomic mass is 9.94. The maximum absolute atomic E-state index is 13.8. The third-order valence-electron chi connectivity index (χ3n) is 5.42. The lowest BCUT2D eigenvalue weighted by molar-refractivity contribution is 0.104. The van der Waals surface area contributed by atoms with Crippen molar-refractivity contribution in [1.29, 1.82) is 0 Å². The van der Waals surface area contributed by atoms with Crippen LogP contribution in [0.3, 0.4) is 0 Å². The van der Waals surface area contributed by atoms with Gasteiger partial charge in [-0.1, -0.05) is 54.0 Å². The van der Waals surface area contributed by atoms with Crippen LogP contribution in [-0.4, -0.2) is 17.7 Å². The minimum atomic E-state index is -0.00966. The largest absolute Gasteiger partial charge is 0.493 e. The second-order valence-corrected chi connectivity index (χ2v) is 8.23. The smallest absolute Gasteiger partial charge is 0.197 e. The van der Waals surface area contributed by atoms with Crippen LogP contribution in [0.1, 0.15) is 40.9 Å². The maximum atomic E-state index is 13.8. The van der Waals surface area contributed by atoms with Crippen LogP contribution in [0, 0.1) is 0 Å². The Labute approximate surface area is 191 Å². The summed E-state index contributed by atoms with van der Waals surface area (Å²) in [5.74, 6) is 1.37. The predicted molar refractivity (Wildman–Crippen MR) is 130 cm³/mol. The molecule has 3 aromatic carbocycles. The van der Waals surface area contributed by atoms with E-state index in [2.05, 4.69) is 35.8 Å². The van der Waals surface area contributed by atoms with E-state index in [0.717, 1.165) is 34.9 Å². The summed E-state index contributed by atoms with van der Waals surface area (Å²) in [5.41, 5.74) is 5.23. The Hall–Kier alpha value is -2.85. The SMILES string of the molecule is CCc1cc(CC)cc(C(=O)c2c(-c3ccc(OCCBr)cc3)oc3ccccc23)c1. The Morgan fingerprint density at radius 1 is 0.935 bits per heavy atom. The molecule has 0 amide bonds. The highest BCUT2D eigenvalue weighted by molar-refractivity contribution is 9.09. The number of para-hydroxylation sites is 1. The second-order valence-electron chi connectivity index (χ2n) is 7.44. The molecule has 3 nitrogen and oxygen atoms in total. The van der Waals surface area contributed by atoms with Gasteiger partial charge in [-0.3, -0.25) is 4.79 Å². The number of rotatable bonds is 8. The molecule has 0 aliphatic carbocycles. The van der Waals surface area contributed by atoms with Crippen molar-refractivity contribution < 1.29 is 13.9 Å². The van der Waals surface area contributed by atoms with E-state index in [-0.39, 0.29) is 5.78 Å². The average molecular weight is 477 g/mol. The third-order valence-corrected chi connectivity index (χ3v) is 5.74. The van der Waals surface area contributed by atoms with E-state index in [9.17, 15) is 4.79 Å². The summed E-state index contributed by atoms with van der Waals surface area (Å²) in [4.78, 5) is 13.8. The number of ether oxygens (including phenoxy) is 1. The Bertz CT molecular complexity index is 1180. The van der Waals surface area contributed by atoms with Gasteiger partial charge in [0.05, 0.1) is 12.2 Å². The van der Waals surface area contributed by atoms with Gasteiger partial charge in [0.1, 0.15) is 17.1 Å². The van der Waals surface area contributed by atoms with Crippen molar-refractivity contribution in [3.8, 4) is 17.1 Å². The van der Waals surface area contributed by atoms with E-state index < -0.39 is 0 Å². The summed E-state index contributed by atoms with van der Waals surface area (Å²) in [6, 6.07) is 21.6. The normalized spacial score (nSPS) is 11.1. The highest BCUT2D eigenvalue weighted by atomic mass is 79.9. The molecule has 4 heteroatoms. The molecular formula is C27H25BrO3. The topological polar surface area (TPSA) is 39.4 Å². The van der Waals surface area contributed by atoms with Gasteiger partial charge in [0.2, 0.25) is 0 Å². The molecule has 31 heavy (non-hydrogen) atoms. The van der Waals surface area contributed by atoms with E-state index in [4.69, 9.17) is 9.15 Å². The van der Waals surface area contributed by atoms with Crippen molar-refractivity contribution in [2.24, 2.45) is 0 Å². The Kier molecular flexibility index (Phi) is 6.57. The molecule has 0 atom stereocenters. The van der Waals surface area contributed by atoms with Gasteiger partial charge in [-0.05, 0) is 66.4 Å². The first-order chi connectivity index (χ1) is 15.1. The molecule has 1 heterocycles. The van der Waals surface area contributed by atoms with E-state index in [0.29, 0.717) is 29.1 Å². The fourth-order valence-corrected chi connectivity index (χ4v) is 3.94. The summed E-state index contributed by atoms with van der Waals surface area (Å²) < 4.78 is 11.9. The first-order valence-electron chi connectivity index (χ1n) is 10.6. The van der Waals surface area contributed by atoms with Crippen LogP contribution in [0.15, 0.2) is 71.1 Å². The zero-order valence-corrected chi connectivity index (χ0v) is 19.4. The van der Waals surface area contributed by atoms with Gasteiger partial charge in [0.15, 0.2) is 5.78 Å². The molecule has 0 saturated carbocycles. The summed E-state index contributed by atoms with van der Waals surface area (Å²) >= 11 is 3.37. The number of fused-ring (bicyclic) bond motifs is 1. The molecule has 4 rings (SSSR count). The number of hydrogen-bond donors (Lipinski definition) is 0. The number of aryl methyl sites for hydroxylation is 2.